The Morgan fingerprint density at radius 3 is 2.66 bits per heavy atom. The fraction of sp³-hybridized carbons (Fsp3) is 0.500. The van der Waals surface area contributed by atoms with Crippen LogP contribution in [0.1, 0.15) is 33.6 Å². The van der Waals surface area contributed by atoms with Crippen molar-refractivity contribution in [1.29, 1.82) is 0 Å². The van der Waals surface area contributed by atoms with E-state index in [1.165, 1.54) is 12.5 Å². The van der Waals surface area contributed by atoms with Crippen molar-refractivity contribution in [2.45, 2.75) is 39.7 Å². The van der Waals surface area contributed by atoms with Crippen molar-refractivity contribution in [2.24, 2.45) is 10.8 Å². The summed E-state index contributed by atoms with van der Waals surface area (Å²) in [7, 11) is 0. The summed E-state index contributed by atoms with van der Waals surface area (Å²) in [6, 6.07) is 1.73. The number of aromatic nitrogens is 2. The van der Waals surface area contributed by atoms with Gasteiger partial charge >= 0.3 is 6.09 Å². The van der Waals surface area contributed by atoms with Crippen LogP contribution in [0.5, 0.6) is 11.5 Å². The molecule has 7 nitrogen and oxygen atoms in total. The van der Waals surface area contributed by atoms with Crippen LogP contribution >= 0.6 is 15.9 Å². The van der Waals surface area contributed by atoms with Gasteiger partial charge in [-0.1, -0.05) is 20.8 Å². The molecule has 3 heterocycles. The van der Waals surface area contributed by atoms with Crippen molar-refractivity contribution in [3.05, 3.63) is 40.8 Å². The second-order valence-electron chi connectivity index (χ2n) is 9.54. The number of amides is 1. The van der Waals surface area contributed by atoms with E-state index in [2.05, 4.69) is 46.7 Å². The Hall–Kier alpha value is -2.49. The Bertz CT molecular complexity index is 1030. The average molecular weight is 511 g/mol. The van der Waals surface area contributed by atoms with Crippen LogP contribution in [0.2, 0.25) is 0 Å². The van der Waals surface area contributed by atoms with Crippen LogP contribution in [0.25, 0.3) is 0 Å². The predicted octanol–water partition coefficient (Wildman–Crippen LogP) is 5.30. The first kappa shape index (κ1) is 22.7. The third-order valence-corrected chi connectivity index (χ3v) is 6.92. The van der Waals surface area contributed by atoms with Gasteiger partial charge in [0.05, 0.1) is 10.7 Å². The van der Waals surface area contributed by atoms with E-state index in [9.17, 15) is 18.7 Å². The zero-order valence-electron chi connectivity index (χ0n) is 18.1. The van der Waals surface area contributed by atoms with Crippen molar-refractivity contribution >= 4 is 27.8 Å². The van der Waals surface area contributed by atoms with Crippen molar-refractivity contribution < 1.29 is 23.4 Å². The molecule has 1 N–H and O–H groups in total. The normalized spacial score (nSPS) is 23.2. The van der Waals surface area contributed by atoms with Crippen molar-refractivity contribution in [3.8, 4) is 11.5 Å². The zero-order valence-corrected chi connectivity index (χ0v) is 19.7. The molecule has 2 atom stereocenters. The average Bonchev–Trinajstić information content (AvgIpc) is 3.29. The highest BCUT2D eigenvalue weighted by Crippen LogP contribution is 2.52. The second-order valence-corrected chi connectivity index (χ2v) is 10.4. The van der Waals surface area contributed by atoms with Gasteiger partial charge in [-0.25, -0.2) is 23.5 Å². The van der Waals surface area contributed by atoms with Gasteiger partial charge in [0, 0.05) is 37.2 Å². The Labute approximate surface area is 193 Å². The molecule has 10 heteroatoms. The number of nitrogens with zero attached hydrogens (tertiary/aromatic N) is 4. The molecule has 4 rings (SSSR count). The molecule has 1 aromatic heterocycles. The third kappa shape index (κ3) is 4.00. The lowest BCUT2D eigenvalue weighted by Gasteiger charge is -2.42. The molecule has 0 saturated carbocycles. The smallest absolute Gasteiger partial charge is 0.407 e. The largest absolute Gasteiger partial charge is 0.465 e. The SMILES string of the molecule is CC(C)(C)C1N(C(=O)O)CCC12CCN(c1ncncc1Oc1c(F)cc(F)cc1Br)C2. The number of carboxylic acid groups (broad SMARTS) is 1. The maximum absolute atomic E-state index is 14.3. The molecule has 2 saturated heterocycles. The van der Waals surface area contributed by atoms with Crippen LogP contribution in [0, 0.1) is 22.5 Å². The van der Waals surface area contributed by atoms with Crippen LogP contribution in [0.15, 0.2) is 29.1 Å². The number of ether oxygens (including phenoxy) is 1. The molecule has 2 aromatic rings. The minimum absolute atomic E-state index is 0.142. The number of likely N-dealkylation sites (tertiary alicyclic amines) is 1. The number of rotatable bonds is 3. The lowest BCUT2D eigenvalue weighted by Crippen LogP contribution is -2.51. The van der Waals surface area contributed by atoms with Crippen LogP contribution in [0.4, 0.5) is 19.4 Å². The van der Waals surface area contributed by atoms with Gasteiger partial charge in [-0.15, -0.1) is 0 Å². The molecule has 0 aliphatic carbocycles. The number of carbonyl (C=O) groups is 1. The summed E-state index contributed by atoms with van der Waals surface area (Å²) in [6.07, 6.45) is 3.50. The third-order valence-electron chi connectivity index (χ3n) is 6.33. The monoisotopic (exact) mass is 510 g/mol. The maximum Gasteiger partial charge on any atom is 0.407 e. The van der Waals surface area contributed by atoms with Crippen LogP contribution in [-0.4, -0.2) is 51.7 Å². The molecule has 2 fully saturated rings. The molecule has 1 amide bonds. The first-order valence-electron chi connectivity index (χ1n) is 10.4. The minimum Gasteiger partial charge on any atom is -0.465 e. The van der Waals surface area contributed by atoms with Crippen LogP contribution < -0.4 is 9.64 Å². The quantitative estimate of drug-likeness (QED) is 0.603. The predicted molar refractivity (Wildman–Crippen MR) is 118 cm³/mol. The molecular weight excluding hydrogens is 486 g/mol. The standard InChI is InChI=1S/C22H25BrF2N4O3/c1-21(2,3)19-22(5-7-29(19)20(30)31)4-6-28(11-22)18-16(10-26-12-27-18)32-17-14(23)8-13(24)9-15(17)25/h8-10,12,19H,4-7,11H2,1-3H3,(H,30,31). The fourth-order valence-electron chi connectivity index (χ4n) is 5.39. The summed E-state index contributed by atoms with van der Waals surface area (Å²) in [5, 5.41) is 9.76. The first-order valence-corrected chi connectivity index (χ1v) is 11.2. The fourth-order valence-corrected chi connectivity index (χ4v) is 5.88. The summed E-state index contributed by atoms with van der Waals surface area (Å²) < 4.78 is 33.7. The molecule has 1 spiro atoms. The summed E-state index contributed by atoms with van der Waals surface area (Å²) in [4.78, 5) is 23.9. The van der Waals surface area contributed by atoms with Gasteiger partial charge in [0.15, 0.2) is 23.1 Å². The molecule has 0 radical (unpaired) electrons. The Kier molecular flexibility index (Phi) is 5.77. The second kappa shape index (κ2) is 8.13. The molecular formula is C22H25BrF2N4O3. The van der Waals surface area contributed by atoms with Crippen LogP contribution in [0.3, 0.4) is 0 Å². The van der Waals surface area contributed by atoms with E-state index in [1.54, 1.807) is 4.90 Å². The van der Waals surface area contributed by atoms with Gasteiger partial charge in [-0.3, -0.25) is 0 Å². The molecule has 0 bridgehead atoms. The molecule has 172 valence electrons. The van der Waals surface area contributed by atoms with Gasteiger partial charge in [0.1, 0.15) is 12.1 Å². The summed E-state index contributed by atoms with van der Waals surface area (Å²) >= 11 is 3.14. The highest BCUT2D eigenvalue weighted by atomic mass is 79.9. The van der Waals surface area contributed by atoms with Gasteiger partial charge in [-0.2, -0.15) is 0 Å². The van der Waals surface area contributed by atoms with E-state index >= 15 is 0 Å². The lowest BCUT2D eigenvalue weighted by atomic mass is 9.68. The van der Waals surface area contributed by atoms with Gasteiger partial charge < -0.3 is 19.6 Å². The van der Waals surface area contributed by atoms with Gasteiger partial charge in [0.2, 0.25) is 0 Å². The number of benzene rings is 1. The number of hydrogen-bond donors (Lipinski definition) is 1. The zero-order chi connectivity index (χ0) is 23.3. The Morgan fingerprint density at radius 2 is 2.00 bits per heavy atom. The van der Waals surface area contributed by atoms with E-state index in [4.69, 9.17) is 4.74 Å². The molecule has 32 heavy (non-hydrogen) atoms. The maximum atomic E-state index is 14.3. The molecule has 1 aromatic carbocycles. The van der Waals surface area contributed by atoms with Crippen molar-refractivity contribution in [2.75, 3.05) is 24.5 Å². The molecule has 2 aliphatic rings. The van der Waals surface area contributed by atoms with E-state index in [-0.39, 0.29) is 32.8 Å². The van der Waals surface area contributed by atoms with E-state index in [1.807, 2.05) is 4.90 Å². The highest BCUT2D eigenvalue weighted by molar-refractivity contribution is 9.10. The topological polar surface area (TPSA) is 78.8 Å². The number of halogens is 3. The number of anilines is 1. The van der Waals surface area contributed by atoms with Gasteiger partial charge in [-0.05, 0) is 40.3 Å². The van der Waals surface area contributed by atoms with E-state index in [0.717, 1.165) is 25.0 Å². The summed E-state index contributed by atoms with van der Waals surface area (Å²) in [5.74, 6) is -0.970. The number of hydrogen-bond acceptors (Lipinski definition) is 5. The first-order chi connectivity index (χ1) is 15.0. The highest BCUT2D eigenvalue weighted by Gasteiger charge is 2.56. The molecule has 2 aliphatic heterocycles. The Morgan fingerprint density at radius 1 is 1.28 bits per heavy atom. The lowest BCUT2D eigenvalue weighted by molar-refractivity contribution is 0.0615. The van der Waals surface area contributed by atoms with E-state index < -0.39 is 17.7 Å². The van der Waals surface area contributed by atoms with Crippen molar-refractivity contribution in [3.63, 3.8) is 0 Å². The summed E-state index contributed by atoms with van der Waals surface area (Å²) in [6.45, 7) is 7.94. The van der Waals surface area contributed by atoms with E-state index in [0.29, 0.717) is 25.5 Å². The molecule has 2 unspecified atom stereocenters. The van der Waals surface area contributed by atoms with Crippen molar-refractivity contribution in [1.82, 2.24) is 14.9 Å². The minimum atomic E-state index is -0.900. The van der Waals surface area contributed by atoms with Gasteiger partial charge in [0.25, 0.3) is 0 Å². The Balaban J connectivity index is 1.64. The summed E-state index contributed by atoms with van der Waals surface area (Å²) in [5.41, 5.74) is -0.460. The van der Waals surface area contributed by atoms with Crippen LogP contribution in [-0.2, 0) is 0 Å².